The van der Waals surface area contributed by atoms with Crippen LogP contribution in [0.4, 0.5) is 5.69 Å². The van der Waals surface area contributed by atoms with Gasteiger partial charge in [0.15, 0.2) is 5.75 Å². The molecule has 0 aliphatic carbocycles. The molecule has 0 radical (unpaired) electrons. The Bertz CT molecular complexity index is 398. The molecule has 0 amide bonds. The van der Waals surface area contributed by atoms with Crippen LogP contribution in [0.15, 0.2) is 11.0 Å². The topological polar surface area (TPSA) is 86.7 Å². The molecule has 0 unspecified atom stereocenters. The van der Waals surface area contributed by atoms with Crippen LogP contribution in [0.3, 0.4) is 0 Å². The van der Waals surface area contributed by atoms with Gasteiger partial charge < -0.3 is 20.4 Å². The van der Waals surface area contributed by atoms with E-state index in [4.69, 9.17) is 20.4 Å². The third kappa shape index (κ3) is 1.07. The molecular weight excluding hydrogens is 176 g/mol. The minimum Gasteiger partial charge on any atom is -0.484 e. The molecule has 1 aromatic rings. The second-order valence-corrected chi connectivity index (χ2v) is 2.59. The summed E-state index contributed by atoms with van der Waals surface area (Å²) in [6.45, 7) is 0.637. The fraction of sp³-hybridized carbons (Fsp3) is 0.286. The highest BCUT2D eigenvalue weighted by Gasteiger charge is 2.20. The van der Waals surface area contributed by atoms with Gasteiger partial charge in [0, 0.05) is 0 Å². The number of hydrogen-bond acceptors (Lipinski definition) is 5. The Hall–Kier alpha value is -1.85. The second kappa shape index (κ2) is 2.58. The summed E-state index contributed by atoms with van der Waals surface area (Å²) >= 11 is 0. The zero-order valence-electron chi connectivity index (χ0n) is 6.69. The van der Waals surface area contributed by atoms with Crippen molar-refractivity contribution in [2.24, 2.45) is 0 Å². The lowest BCUT2D eigenvalue weighted by molar-refractivity contribution is 0.141. The lowest BCUT2D eigenvalue weighted by atomic mass is 10.3. The highest BCUT2D eigenvalue weighted by molar-refractivity contribution is 5.58. The van der Waals surface area contributed by atoms with Gasteiger partial charge in [0.2, 0.25) is 5.75 Å². The quantitative estimate of drug-likeness (QED) is 0.528. The largest absolute Gasteiger partial charge is 0.484 e. The predicted molar refractivity (Wildman–Crippen MR) is 43.3 cm³/mol. The van der Waals surface area contributed by atoms with E-state index in [2.05, 4.69) is 0 Å². The molecule has 13 heavy (non-hydrogen) atoms. The minimum absolute atomic E-state index is 0.0336. The van der Waals surface area contributed by atoms with Gasteiger partial charge in [-0.05, 0) is 0 Å². The van der Waals surface area contributed by atoms with Crippen molar-refractivity contribution >= 4 is 5.69 Å². The van der Waals surface area contributed by atoms with Crippen LogP contribution in [0.2, 0.25) is 0 Å². The summed E-state index contributed by atoms with van der Waals surface area (Å²) in [6, 6.07) is 0. The maximum Gasteiger partial charge on any atom is 0.329 e. The van der Waals surface area contributed by atoms with E-state index in [1.807, 2.05) is 0 Å². The van der Waals surface area contributed by atoms with Crippen LogP contribution in [-0.4, -0.2) is 23.2 Å². The number of hydrogen-bond donors (Lipinski definition) is 2. The van der Waals surface area contributed by atoms with Gasteiger partial charge in [-0.1, -0.05) is 0 Å². The lowest BCUT2D eigenvalue weighted by Crippen LogP contribution is -2.27. The van der Waals surface area contributed by atoms with E-state index in [-0.39, 0.29) is 23.8 Å². The van der Waals surface area contributed by atoms with Crippen molar-refractivity contribution in [3.8, 4) is 11.5 Å². The Morgan fingerprint density at radius 2 is 2.00 bits per heavy atom. The maximum atomic E-state index is 11.2. The van der Waals surface area contributed by atoms with Crippen LogP contribution >= 0.6 is 0 Å². The van der Waals surface area contributed by atoms with Gasteiger partial charge in [0.1, 0.15) is 13.2 Å². The number of nitrogens with zero attached hydrogens (tertiary/aromatic N) is 1. The standard InChI is InChI=1S/C7H8N2O4/c8-4-3-9(11)7(10)6-5(4)12-1-2-13-6/h3,11H,1-2,8H2. The Morgan fingerprint density at radius 1 is 1.38 bits per heavy atom. The van der Waals surface area contributed by atoms with E-state index in [9.17, 15) is 4.79 Å². The molecule has 0 saturated carbocycles. The first-order valence-corrected chi connectivity index (χ1v) is 3.70. The number of fused-ring (bicyclic) bond motifs is 1. The second-order valence-electron chi connectivity index (χ2n) is 2.59. The van der Waals surface area contributed by atoms with Gasteiger partial charge >= 0.3 is 5.56 Å². The van der Waals surface area contributed by atoms with Crippen molar-refractivity contribution in [2.75, 3.05) is 18.9 Å². The molecule has 6 nitrogen and oxygen atoms in total. The first-order valence-electron chi connectivity index (χ1n) is 3.70. The molecule has 2 heterocycles. The zero-order chi connectivity index (χ0) is 9.42. The fourth-order valence-electron chi connectivity index (χ4n) is 1.14. The Labute approximate surface area is 73.1 Å². The van der Waals surface area contributed by atoms with Crippen LogP contribution in [0.25, 0.3) is 0 Å². The maximum absolute atomic E-state index is 11.2. The highest BCUT2D eigenvalue weighted by Crippen LogP contribution is 2.31. The van der Waals surface area contributed by atoms with Crippen molar-refractivity contribution in [1.29, 1.82) is 0 Å². The van der Waals surface area contributed by atoms with Gasteiger partial charge in [0.05, 0.1) is 11.9 Å². The number of nitrogen functional groups attached to an aromatic ring is 1. The SMILES string of the molecule is Nc1cn(O)c(=O)c2c1OCCO2. The molecule has 1 aliphatic heterocycles. The minimum atomic E-state index is -0.663. The van der Waals surface area contributed by atoms with Crippen molar-refractivity contribution in [1.82, 2.24) is 4.73 Å². The van der Waals surface area contributed by atoms with Crippen LogP contribution in [-0.2, 0) is 0 Å². The molecule has 0 bridgehead atoms. The average Bonchev–Trinajstić information content (AvgIpc) is 2.15. The molecule has 3 N–H and O–H groups in total. The van der Waals surface area contributed by atoms with E-state index < -0.39 is 5.56 Å². The third-order valence-electron chi connectivity index (χ3n) is 1.71. The average molecular weight is 184 g/mol. The monoisotopic (exact) mass is 184 g/mol. The number of anilines is 1. The molecule has 0 atom stereocenters. The predicted octanol–water partition coefficient (Wildman–Crippen LogP) is -0.561. The van der Waals surface area contributed by atoms with Crippen molar-refractivity contribution < 1.29 is 14.7 Å². The molecule has 0 fully saturated rings. The van der Waals surface area contributed by atoms with Crippen LogP contribution < -0.4 is 20.8 Å². The number of rotatable bonds is 0. The van der Waals surface area contributed by atoms with Crippen molar-refractivity contribution in [3.63, 3.8) is 0 Å². The molecule has 0 aromatic carbocycles. The number of pyridine rings is 1. The summed E-state index contributed by atoms with van der Waals surface area (Å²) in [6.07, 6.45) is 1.08. The van der Waals surface area contributed by atoms with Gasteiger partial charge in [0.25, 0.3) is 0 Å². The number of nitrogens with two attached hydrogens (primary N) is 1. The van der Waals surface area contributed by atoms with E-state index in [0.29, 0.717) is 11.3 Å². The van der Waals surface area contributed by atoms with Gasteiger partial charge in [-0.2, -0.15) is 4.73 Å². The highest BCUT2D eigenvalue weighted by atomic mass is 16.6. The van der Waals surface area contributed by atoms with E-state index >= 15 is 0 Å². The molecular formula is C7H8N2O4. The summed E-state index contributed by atoms with van der Waals surface area (Å²) in [5.74, 6) is 0.176. The normalized spacial score (nSPS) is 14.2. The molecule has 70 valence electrons. The summed E-state index contributed by atoms with van der Waals surface area (Å²) in [7, 11) is 0. The molecule has 1 aromatic heterocycles. The lowest BCUT2D eigenvalue weighted by Gasteiger charge is -2.18. The molecule has 6 heteroatoms. The molecule has 0 saturated heterocycles. The van der Waals surface area contributed by atoms with E-state index in [1.54, 1.807) is 0 Å². The Morgan fingerprint density at radius 3 is 2.69 bits per heavy atom. The van der Waals surface area contributed by atoms with Crippen molar-refractivity contribution in [2.45, 2.75) is 0 Å². The zero-order valence-corrected chi connectivity index (χ0v) is 6.69. The first-order chi connectivity index (χ1) is 6.20. The Kier molecular flexibility index (Phi) is 1.54. The van der Waals surface area contributed by atoms with E-state index in [1.165, 1.54) is 0 Å². The Balaban J connectivity index is 2.70. The van der Waals surface area contributed by atoms with Crippen molar-refractivity contribution in [3.05, 3.63) is 16.6 Å². The van der Waals surface area contributed by atoms with Gasteiger partial charge in [-0.15, -0.1) is 0 Å². The molecule has 2 rings (SSSR count). The number of ether oxygens (including phenoxy) is 2. The van der Waals surface area contributed by atoms with Crippen LogP contribution in [0.1, 0.15) is 0 Å². The number of aromatic nitrogens is 1. The van der Waals surface area contributed by atoms with Gasteiger partial charge in [-0.25, -0.2) is 0 Å². The fourth-order valence-corrected chi connectivity index (χ4v) is 1.14. The summed E-state index contributed by atoms with van der Waals surface area (Å²) < 4.78 is 10.5. The van der Waals surface area contributed by atoms with Crippen LogP contribution in [0, 0.1) is 0 Å². The molecule has 1 aliphatic rings. The first kappa shape index (κ1) is 7.78. The van der Waals surface area contributed by atoms with E-state index in [0.717, 1.165) is 6.20 Å². The summed E-state index contributed by atoms with van der Waals surface area (Å²) in [4.78, 5) is 11.2. The summed E-state index contributed by atoms with van der Waals surface area (Å²) in [5.41, 5.74) is 5.00. The van der Waals surface area contributed by atoms with Gasteiger partial charge in [-0.3, -0.25) is 4.79 Å². The third-order valence-corrected chi connectivity index (χ3v) is 1.71. The summed E-state index contributed by atoms with van der Waals surface area (Å²) in [5, 5.41) is 9.04. The smallest absolute Gasteiger partial charge is 0.329 e. The molecule has 0 spiro atoms. The van der Waals surface area contributed by atoms with Crippen LogP contribution in [0.5, 0.6) is 11.5 Å².